The summed E-state index contributed by atoms with van der Waals surface area (Å²) in [5, 5.41) is 2.80. The van der Waals surface area contributed by atoms with Gasteiger partial charge in [-0.25, -0.2) is 0 Å². The van der Waals surface area contributed by atoms with Crippen LogP contribution in [0.2, 0.25) is 0 Å². The van der Waals surface area contributed by atoms with Crippen LogP contribution in [0.3, 0.4) is 0 Å². The number of hydrogen-bond donors (Lipinski definition) is 1. The molecule has 158 valence electrons. The van der Waals surface area contributed by atoms with Gasteiger partial charge in [0.1, 0.15) is 5.75 Å². The first-order valence-corrected chi connectivity index (χ1v) is 10.00. The van der Waals surface area contributed by atoms with Crippen LogP contribution in [0.5, 0.6) is 5.75 Å². The van der Waals surface area contributed by atoms with Crippen molar-refractivity contribution in [1.82, 2.24) is 0 Å². The van der Waals surface area contributed by atoms with E-state index in [0.717, 1.165) is 11.3 Å². The molecule has 1 heterocycles. The van der Waals surface area contributed by atoms with Crippen LogP contribution < -0.4 is 15.0 Å². The Morgan fingerprint density at radius 1 is 1.17 bits per heavy atom. The van der Waals surface area contributed by atoms with Crippen LogP contribution in [-0.2, 0) is 19.1 Å². The first-order chi connectivity index (χ1) is 14.4. The van der Waals surface area contributed by atoms with Crippen molar-refractivity contribution < 1.29 is 23.9 Å². The van der Waals surface area contributed by atoms with Gasteiger partial charge in [0.05, 0.1) is 18.0 Å². The van der Waals surface area contributed by atoms with Crippen LogP contribution in [0.25, 0.3) is 0 Å². The molecule has 1 aliphatic rings. The van der Waals surface area contributed by atoms with E-state index in [4.69, 9.17) is 9.47 Å². The van der Waals surface area contributed by atoms with Gasteiger partial charge in [-0.1, -0.05) is 24.3 Å². The molecular formula is C23H26N2O5. The SMILES string of the molecule is Cc1cccc(OCCCC(=O)OCC(=O)N2c3ccccc3NC(=O)C[C@@H]2C)c1. The predicted molar refractivity (Wildman–Crippen MR) is 114 cm³/mol. The van der Waals surface area contributed by atoms with Crippen molar-refractivity contribution in [2.24, 2.45) is 0 Å². The second-order valence-corrected chi connectivity index (χ2v) is 7.31. The summed E-state index contributed by atoms with van der Waals surface area (Å²) >= 11 is 0. The number of ether oxygens (including phenoxy) is 2. The summed E-state index contributed by atoms with van der Waals surface area (Å²) in [6.45, 7) is 3.79. The highest BCUT2D eigenvalue weighted by Gasteiger charge is 2.29. The molecule has 1 N–H and O–H groups in total. The van der Waals surface area contributed by atoms with Crippen LogP contribution >= 0.6 is 0 Å². The van der Waals surface area contributed by atoms with Gasteiger partial charge in [0.25, 0.3) is 5.91 Å². The maximum atomic E-state index is 12.8. The van der Waals surface area contributed by atoms with Gasteiger partial charge < -0.3 is 19.7 Å². The largest absolute Gasteiger partial charge is 0.494 e. The van der Waals surface area contributed by atoms with Gasteiger partial charge in [0.2, 0.25) is 5.91 Å². The zero-order chi connectivity index (χ0) is 21.5. The smallest absolute Gasteiger partial charge is 0.306 e. The minimum atomic E-state index is -0.457. The Morgan fingerprint density at radius 2 is 1.97 bits per heavy atom. The molecule has 0 unspecified atom stereocenters. The molecule has 2 aromatic carbocycles. The maximum absolute atomic E-state index is 12.8. The highest BCUT2D eigenvalue weighted by molar-refractivity contribution is 6.05. The van der Waals surface area contributed by atoms with Gasteiger partial charge in [0, 0.05) is 18.9 Å². The van der Waals surface area contributed by atoms with E-state index in [2.05, 4.69) is 5.32 Å². The molecule has 7 nitrogen and oxygen atoms in total. The molecule has 0 radical (unpaired) electrons. The minimum Gasteiger partial charge on any atom is -0.494 e. The Kier molecular flexibility index (Phi) is 7.06. The zero-order valence-electron chi connectivity index (χ0n) is 17.2. The number of hydrogen-bond acceptors (Lipinski definition) is 5. The number of benzene rings is 2. The van der Waals surface area contributed by atoms with Crippen molar-refractivity contribution in [2.45, 2.75) is 39.2 Å². The fraction of sp³-hybridized carbons (Fsp3) is 0.348. The lowest BCUT2D eigenvalue weighted by Crippen LogP contribution is -2.41. The second-order valence-electron chi connectivity index (χ2n) is 7.31. The number of nitrogens with one attached hydrogen (secondary N) is 1. The molecule has 0 saturated carbocycles. The fourth-order valence-corrected chi connectivity index (χ4v) is 3.36. The molecule has 0 fully saturated rings. The molecule has 3 rings (SSSR count). The van der Waals surface area contributed by atoms with Gasteiger partial charge >= 0.3 is 5.97 Å². The van der Waals surface area contributed by atoms with E-state index in [-0.39, 0.29) is 37.3 Å². The molecule has 0 aliphatic carbocycles. The first-order valence-electron chi connectivity index (χ1n) is 10.00. The van der Waals surface area contributed by atoms with E-state index >= 15 is 0 Å². The summed E-state index contributed by atoms with van der Waals surface area (Å²) in [4.78, 5) is 38.3. The van der Waals surface area contributed by atoms with E-state index in [1.807, 2.05) is 31.2 Å². The number of esters is 1. The lowest BCUT2D eigenvalue weighted by Gasteiger charge is -2.27. The van der Waals surface area contributed by atoms with E-state index in [1.54, 1.807) is 31.2 Å². The van der Waals surface area contributed by atoms with Gasteiger partial charge in [-0.3, -0.25) is 14.4 Å². The average Bonchev–Trinajstić information content (AvgIpc) is 2.83. The Hall–Kier alpha value is -3.35. The van der Waals surface area contributed by atoms with Crippen molar-refractivity contribution in [3.05, 3.63) is 54.1 Å². The molecule has 0 spiro atoms. The normalized spacial score (nSPS) is 15.6. The number of para-hydroxylation sites is 2. The third-order valence-corrected chi connectivity index (χ3v) is 4.77. The van der Waals surface area contributed by atoms with Gasteiger partial charge in [0.15, 0.2) is 6.61 Å². The summed E-state index contributed by atoms with van der Waals surface area (Å²) in [7, 11) is 0. The predicted octanol–water partition coefficient (Wildman–Crippen LogP) is 3.46. The van der Waals surface area contributed by atoms with Crippen LogP contribution in [0, 0.1) is 6.92 Å². The Balaban J connectivity index is 1.48. The van der Waals surface area contributed by atoms with E-state index in [1.165, 1.54) is 4.90 Å². The summed E-state index contributed by atoms with van der Waals surface area (Å²) in [5.41, 5.74) is 2.27. The maximum Gasteiger partial charge on any atom is 0.306 e. The highest BCUT2D eigenvalue weighted by atomic mass is 16.5. The number of rotatable bonds is 7. The minimum absolute atomic E-state index is 0.157. The third-order valence-electron chi connectivity index (χ3n) is 4.77. The van der Waals surface area contributed by atoms with Gasteiger partial charge in [-0.15, -0.1) is 0 Å². The number of carbonyl (C=O) groups excluding carboxylic acids is 3. The Bertz CT molecular complexity index is 927. The summed E-state index contributed by atoms with van der Waals surface area (Å²) in [6.07, 6.45) is 0.818. The molecule has 2 aromatic rings. The summed E-state index contributed by atoms with van der Waals surface area (Å²) in [5.74, 6) is -0.219. The quantitative estimate of drug-likeness (QED) is 0.558. The van der Waals surface area contributed by atoms with Crippen LogP contribution in [-0.4, -0.2) is 37.0 Å². The molecule has 1 aliphatic heterocycles. The van der Waals surface area contributed by atoms with Gasteiger partial charge in [-0.05, 0) is 50.1 Å². The monoisotopic (exact) mass is 410 g/mol. The molecule has 0 saturated heterocycles. The standard InChI is InChI=1S/C23H26N2O5/c1-16-7-5-8-18(13-16)29-12-6-11-23(28)30-15-22(27)25-17(2)14-21(26)24-19-9-3-4-10-20(19)25/h3-5,7-10,13,17H,6,11-12,14-15H2,1-2H3,(H,24,26)/t17-/m0/s1. The number of nitrogens with zero attached hydrogens (tertiary/aromatic N) is 1. The molecule has 7 heteroatoms. The summed E-state index contributed by atoms with van der Waals surface area (Å²) in [6, 6.07) is 14.4. The lowest BCUT2D eigenvalue weighted by atomic mass is 10.1. The molecular weight excluding hydrogens is 384 g/mol. The molecule has 0 bridgehead atoms. The first kappa shape index (κ1) is 21.4. The number of carbonyl (C=O) groups is 3. The zero-order valence-corrected chi connectivity index (χ0v) is 17.2. The van der Waals surface area contributed by atoms with Crippen molar-refractivity contribution in [3.8, 4) is 5.75 Å². The third kappa shape index (κ3) is 5.59. The molecule has 30 heavy (non-hydrogen) atoms. The Morgan fingerprint density at radius 3 is 2.77 bits per heavy atom. The van der Waals surface area contributed by atoms with Crippen LogP contribution in [0.1, 0.15) is 31.7 Å². The van der Waals surface area contributed by atoms with Crippen molar-refractivity contribution in [1.29, 1.82) is 0 Å². The van der Waals surface area contributed by atoms with Crippen molar-refractivity contribution in [2.75, 3.05) is 23.4 Å². The fourth-order valence-electron chi connectivity index (χ4n) is 3.36. The average molecular weight is 410 g/mol. The molecule has 0 aromatic heterocycles. The van der Waals surface area contributed by atoms with Crippen LogP contribution in [0.4, 0.5) is 11.4 Å². The molecule has 2 amide bonds. The van der Waals surface area contributed by atoms with Crippen LogP contribution in [0.15, 0.2) is 48.5 Å². The second kappa shape index (κ2) is 9.91. The number of aryl methyl sites for hydroxylation is 1. The topological polar surface area (TPSA) is 84.9 Å². The number of anilines is 2. The van der Waals surface area contributed by atoms with E-state index < -0.39 is 5.97 Å². The highest BCUT2D eigenvalue weighted by Crippen LogP contribution is 2.31. The van der Waals surface area contributed by atoms with E-state index in [9.17, 15) is 14.4 Å². The number of fused-ring (bicyclic) bond motifs is 1. The Labute approximate surface area is 176 Å². The molecule has 1 atom stereocenters. The van der Waals surface area contributed by atoms with Gasteiger partial charge in [-0.2, -0.15) is 0 Å². The summed E-state index contributed by atoms with van der Waals surface area (Å²) < 4.78 is 10.8. The van der Waals surface area contributed by atoms with E-state index in [0.29, 0.717) is 24.4 Å². The lowest BCUT2D eigenvalue weighted by molar-refractivity contribution is -0.148. The number of amides is 2. The van der Waals surface area contributed by atoms with Crippen molar-refractivity contribution in [3.63, 3.8) is 0 Å². The van der Waals surface area contributed by atoms with Crippen molar-refractivity contribution >= 4 is 29.2 Å².